The van der Waals surface area contributed by atoms with E-state index < -0.39 is 5.97 Å². The van der Waals surface area contributed by atoms with Crippen molar-refractivity contribution in [2.45, 2.75) is 19.4 Å². The van der Waals surface area contributed by atoms with Crippen molar-refractivity contribution in [3.05, 3.63) is 81.3 Å². The summed E-state index contributed by atoms with van der Waals surface area (Å²) in [7, 11) is 0. The fourth-order valence-electron chi connectivity index (χ4n) is 2.98. The SMILES string of the molecule is O=Cc1cc(Cl)c(OCc2cccc(-c3cccc(CCC(=O)O)c3)c2Cl)cc1O. The Morgan fingerprint density at radius 1 is 1.07 bits per heavy atom. The minimum atomic E-state index is -0.844. The van der Waals surface area contributed by atoms with E-state index in [1.54, 1.807) is 0 Å². The van der Waals surface area contributed by atoms with Crippen LogP contribution in [0.3, 0.4) is 0 Å². The summed E-state index contributed by atoms with van der Waals surface area (Å²) in [6.07, 6.45) is 1.000. The van der Waals surface area contributed by atoms with E-state index in [1.165, 1.54) is 12.1 Å². The van der Waals surface area contributed by atoms with Gasteiger partial charge in [0.2, 0.25) is 0 Å². The number of carbonyl (C=O) groups is 2. The summed E-state index contributed by atoms with van der Waals surface area (Å²) < 4.78 is 5.71. The maximum Gasteiger partial charge on any atom is 0.303 e. The van der Waals surface area contributed by atoms with E-state index >= 15 is 0 Å². The zero-order valence-electron chi connectivity index (χ0n) is 15.8. The molecule has 3 rings (SSSR count). The van der Waals surface area contributed by atoms with Gasteiger partial charge in [0.1, 0.15) is 18.1 Å². The molecule has 0 unspecified atom stereocenters. The number of phenolic OH excluding ortho intramolecular Hbond substituents is 1. The molecule has 2 N–H and O–H groups in total. The van der Waals surface area contributed by atoms with Crippen LogP contribution in [0.1, 0.15) is 27.9 Å². The quantitative estimate of drug-likeness (QED) is 0.430. The predicted octanol–water partition coefficient (Wildman–Crippen LogP) is 5.77. The van der Waals surface area contributed by atoms with E-state index in [2.05, 4.69) is 0 Å². The monoisotopic (exact) mass is 444 g/mol. The molecule has 0 aliphatic heterocycles. The van der Waals surface area contributed by atoms with Gasteiger partial charge in [-0.1, -0.05) is 65.7 Å². The van der Waals surface area contributed by atoms with Gasteiger partial charge in [-0.3, -0.25) is 9.59 Å². The molecule has 0 radical (unpaired) electrons. The molecular weight excluding hydrogens is 427 g/mol. The van der Waals surface area contributed by atoms with E-state index in [0.717, 1.165) is 16.7 Å². The normalized spacial score (nSPS) is 10.6. The molecule has 0 amide bonds. The number of carboxylic acids is 1. The molecule has 30 heavy (non-hydrogen) atoms. The molecule has 0 bridgehead atoms. The van der Waals surface area contributed by atoms with Crippen molar-refractivity contribution in [3.8, 4) is 22.6 Å². The van der Waals surface area contributed by atoms with E-state index in [-0.39, 0.29) is 35.1 Å². The minimum absolute atomic E-state index is 0.0571. The molecule has 0 fully saturated rings. The van der Waals surface area contributed by atoms with Crippen LogP contribution in [0.4, 0.5) is 0 Å². The lowest BCUT2D eigenvalue weighted by atomic mass is 9.99. The molecule has 0 aliphatic rings. The van der Waals surface area contributed by atoms with Crippen molar-refractivity contribution in [2.24, 2.45) is 0 Å². The Bertz CT molecular complexity index is 1090. The Morgan fingerprint density at radius 3 is 2.57 bits per heavy atom. The smallest absolute Gasteiger partial charge is 0.303 e. The highest BCUT2D eigenvalue weighted by atomic mass is 35.5. The Morgan fingerprint density at radius 2 is 1.83 bits per heavy atom. The van der Waals surface area contributed by atoms with Gasteiger partial charge in [0.05, 0.1) is 15.6 Å². The number of halogens is 2. The van der Waals surface area contributed by atoms with Crippen LogP contribution in [0.25, 0.3) is 11.1 Å². The topological polar surface area (TPSA) is 83.8 Å². The largest absolute Gasteiger partial charge is 0.507 e. The molecule has 0 atom stereocenters. The molecule has 3 aromatic rings. The van der Waals surface area contributed by atoms with Crippen molar-refractivity contribution >= 4 is 35.5 Å². The van der Waals surface area contributed by atoms with Crippen molar-refractivity contribution < 1.29 is 24.5 Å². The lowest BCUT2D eigenvalue weighted by Crippen LogP contribution is -1.99. The molecule has 0 aromatic heterocycles. The average molecular weight is 445 g/mol. The van der Waals surface area contributed by atoms with Crippen LogP contribution in [0, 0.1) is 0 Å². The second-order valence-electron chi connectivity index (χ2n) is 6.62. The van der Waals surface area contributed by atoms with Crippen LogP contribution in [0.2, 0.25) is 10.0 Å². The zero-order valence-corrected chi connectivity index (χ0v) is 17.3. The molecule has 0 saturated carbocycles. The number of aromatic hydroxyl groups is 1. The summed E-state index contributed by atoms with van der Waals surface area (Å²) in [5, 5.41) is 19.4. The highest BCUT2D eigenvalue weighted by molar-refractivity contribution is 6.34. The number of carbonyl (C=O) groups excluding carboxylic acids is 1. The lowest BCUT2D eigenvalue weighted by Gasteiger charge is -2.13. The molecule has 0 spiro atoms. The minimum Gasteiger partial charge on any atom is -0.507 e. The van der Waals surface area contributed by atoms with Gasteiger partial charge in [0.15, 0.2) is 6.29 Å². The maximum absolute atomic E-state index is 10.9. The van der Waals surface area contributed by atoms with Gasteiger partial charge in [-0.15, -0.1) is 0 Å². The Balaban J connectivity index is 1.82. The van der Waals surface area contributed by atoms with Gasteiger partial charge >= 0.3 is 5.97 Å². The lowest BCUT2D eigenvalue weighted by molar-refractivity contribution is -0.136. The summed E-state index contributed by atoms with van der Waals surface area (Å²) in [6.45, 7) is 0.102. The summed E-state index contributed by atoms with van der Waals surface area (Å²) in [5.74, 6) is -0.831. The van der Waals surface area contributed by atoms with E-state index in [4.69, 9.17) is 33.0 Å². The molecule has 3 aromatic carbocycles. The fourth-order valence-corrected chi connectivity index (χ4v) is 3.49. The van der Waals surface area contributed by atoms with Crippen LogP contribution in [0.15, 0.2) is 54.6 Å². The molecule has 7 heteroatoms. The number of ether oxygens (including phenoxy) is 1. The highest BCUT2D eigenvalue weighted by Crippen LogP contribution is 2.35. The molecule has 154 valence electrons. The first kappa shape index (κ1) is 21.7. The predicted molar refractivity (Wildman–Crippen MR) is 116 cm³/mol. The van der Waals surface area contributed by atoms with Crippen molar-refractivity contribution in [1.82, 2.24) is 0 Å². The van der Waals surface area contributed by atoms with Gasteiger partial charge in [0, 0.05) is 23.6 Å². The molecule has 5 nitrogen and oxygen atoms in total. The first-order valence-corrected chi connectivity index (χ1v) is 9.83. The van der Waals surface area contributed by atoms with Crippen molar-refractivity contribution in [2.75, 3.05) is 0 Å². The van der Waals surface area contributed by atoms with Crippen LogP contribution in [-0.2, 0) is 17.8 Å². The number of benzene rings is 3. The van der Waals surface area contributed by atoms with Gasteiger partial charge in [0.25, 0.3) is 0 Å². The van der Waals surface area contributed by atoms with E-state index in [0.29, 0.717) is 23.3 Å². The van der Waals surface area contributed by atoms with Crippen LogP contribution < -0.4 is 4.74 Å². The Kier molecular flexibility index (Phi) is 6.98. The first-order chi connectivity index (χ1) is 14.4. The van der Waals surface area contributed by atoms with Gasteiger partial charge in [-0.2, -0.15) is 0 Å². The number of aliphatic carboxylic acids is 1. The van der Waals surface area contributed by atoms with Crippen LogP contribution in [0.5, 0.6) is 11.5 Å². The van der Waals surface area contributed by atoms with Gasteiger partial charge in [-0.05, 0) is 23.6 Å². The summed E-state index contributed by atoms with van der Waals surface area (Å²) in [4.78, 5) is 21.7. The standard InChI is InChI=1S/C23H18Cl2O5/c24-19-10-17(12-26)20(27)11-21(19)30-13-16-5-2-6-18(23(16)25)15-4-1-3-14(9-15)7-8-22(28)29/h1-6,9-12,27H,7-8,13H2,(H,28,29). The molecule has 0 heterocycles. The zero-order chi connectivity index (χ0) is 21.7. The van der Waals surface area contributed by atoms with Crippen molar-refractivity contribution in [3.63, 3.8) is 0 Å². The number of carboxylic acid groups (broad SMARTS) is 1. The summed E-state index contributed by atoms with van der Waals surface area (Å²) in [6, 6.07) is 15.7. The highest BCUT2D eigenvalue weighted by Gasteiger charge is 2.12. The third-order valence-electron chi connectivity index (χ3n) is 4.54. The van der Waals surface area contributed by atoms with Crippen molar-refractivity contribution in [1.29, 1.82) is 0 Å². The number of rotatable bonds is 8. The fraction of sp³-hybridized carbons (Fsp3) is 0.130. The third-order valence-corrected chi connectivity index (χ3v) is 5.28. The Hall–Kier alpha value is -3.02. The van der Waals surface area contributed by atoms with Crippen LogP contribution >= 0.6 is 23.2 Å². The number of aldehydes is 1. The third kappa shape index (κ3) is 5.12. The first-order valence-electron chi connectivity index (χ1n) is 9.08. The van der Waals surface area contributed by atoms with E-state index in [9.17, 15) is 14.7 Å². The molecule has 0 saturated heterocycles. The number of aryl methyl sites for hydroxylation is 1. The second kappa shape index (κ2) is 9.65. The molecular formula is C23H18Cl2O5. The van der Waals surface area contributed by atoms with E-state index in [1.807, 2.05) is 42.5 Å². The van der Waals surface area contributed by atoms with Gasteiger partial charge in [-0.25, -0.2) is 0 Å². The maximum atomic E-state index is 10.9. The Labute approximate surface area is 183 Å². The van der Waals surface area contributed by atoms with Gasteiger partial charge < -0.3 is 14.9 Å². The second-order valence-corrected chi connectivity index (χ2v) is 7.41. The summed E-state index contributed by atoms with van der Waals surface area (Å²) in [5.41, 5.74) is 3.36. The number of phenols is 1. The summed E-state index contributed by atoms with van der Waals surface area (Å²) >= 11 is 12.7. The average Bonchev–Trinajstić information content (AvgIpc) is 2.73. The number of hydrogen-bond donors (Lipinski definition) is 2. The molecule has 0 aliphatic carbocycles. The van der Waals surface area contributed by atoms with Crippen LogP contribution in [-0.4, -0.2) is 22.5 Å². The number of hydrogen-bond acceptors (Lipinski definition) is 4.